The maximum atomic E-state index is 13.4. The molecule has 7 heteroatoms. The SMILES string of the molecule is O=C(CC1CCCC(=O)N1)Nc1cc(Cl)c(F)cc1F. The molecule has 0 spiro atoms. The molecule has 0 saturated carbocycles. The molecule has 2 amide bonds. The van der Waals surface area contributed by atoms with Gasteiger partial charge in [-0.3, -0.25) is 9.59 Å². The molecule has 0 radical (unpaired) electrons. The number of piperidine rings is 1. The van der Waals surface area contributed by atoms with Crippen LogP contribution in [0.25, 0.3) is 0 Å². The molecule has 0 aromatic heterocycles. The van der Waals surface area contributed by atoms with E-state index in [4.69, 9.17) is 11.6 Å². The molecule has 1 aromatic rings. The maximum Gasteiger partial charge on any atom is 0.226 e. The number of halogens is 3. The fourth-order valence-corrected chi connectivity index (χ4v) is 2.24. The number of anilines is 1. The zero-order chi connectivity index (χ0) is 14.7. The molecule has 4 nitrogen and oxygen atoms in total. The normalized spacial score (nSPS) is 18.6. The van der Waals surface area contributed by atoms with E-state index in [1.807, 2.05) is 0 Å². The van der Waals surface area contributed by atoms with E-state index in [9.17, 15) is 18.4 Å². The summed E-state index contributed by atoms with van der Waals surface area (Å²) in [5.41, 5.74) is -0.177. The zero-order valence-corrected chi connectivity index (χ0v) is 11.3. The monoisotopic (exact) mass is 302 g/mol. The van der Waals surface area contributed by atoms with Crippen molar-refractivity contribution in [3.8, 4) is 0 Å². The standard InChI is InChI=1S/C13H13ClF2N2O2/c14-8-5-11(10(16)6-9(8)15)18-13(20)4-7-2-1-3-12(19)17-7/h5-7H,1-4H2,(H,17,19)(H,18,20). The Morgan fingerprint density at radius 2 is 2.15 bits per heavy atom. The van der Waals surface area contributed by atoms with E-state index in [0.29, 0.717) is 18.9 Å². The second-order valence-electron chi connectivity index (χ2n) is 4.66. The van der Waals surface area contributed by atoms with Crippen molar-refractivity contribution in [2.45, 2.75) is 31.7 Å². The van der Waals surface area contributed by atoms with Gasteiger partial charge in [-0.25, -0.2) is 8.78 Å². The third-order valence-corrected chi connectivity index (χ3v) is 3.33. The van der Waals surface area contributed by atoms with Crippen LogP contribution >= 0.6 is 11.6 Å². The van der Waals surface area contributed by atoms with Crippen LogP contribution < -0.4 is 10.6 Å². The minimum absolute atomic E-state index is 0.0418. The molecule has 108 valence electrons. The first-order chi connectivity index (χ1) is 9.45. The van der Waals surface area contributed by atoms with Gasteiger partial charge in [-0.1, -0.05) is 11.6 Å². The Labute approximate surface area is 119 Å². The lowest BCUT2D eigenvalue weighted by Gasteiger charge is -2.22. The Morgan fingerprint density at radius 3 is 2.85 bits per heavy atom. The highest BCUT2D eigenvalue weighted by Gasteiger charge is 2.21. The second kappa shape index (κ2) is 6.17. The number of hydrogen-bond donors (Lipinski definition) is 2. The lowest BCUT2D eigenvalue weighted by Crippen LogP contribution is -2.40. The average molecular weight is 303 g/mol. The molecule has 1 saturated heterocycles. The van der Waals surface area contributed by atoms with Gasteiger partial charge in [0.15, 0.2) is 0 Å². The van der Waals surface area contributed by atoms with Gasteiger partial charge in [-0.05, 0) is 18.9 Å². The third-order valence-electron chi connectivity index (χ3n) is 3.04. The number of nitrogens with one attached hydrogen (secondary N) is 2. The average Bonchev–Trinajstić information content (AvgIpc) is 2.36. The Kier molecular flexibility index (Phi) is 4.54. The van der Waals surface area contributed by atoms with E-state index in [1.54, 1.807) is 0 Å². The molecular formula is C13H13ClF2N2O2. The fraction of sp³-hybridized carbons (Fsp3) is 0.385. The Balaban J connectivity index is 1.97. The molecular weight excluding hydrogens is 290 g/mol. The van der Waals surface area contributed by atoms with Crippen LogP contribution in [0.15, 0.2) is 12.1 Å². The molecule has 1 unspecified atom stereocenters. The second-order valence-corrected chi connectivity index (χ2v) is 5.06. The Hall–Kier alpha value is -1.69. The van der Waals surface area contributed by atoms with Gasteiger partial charge in [0.05, 0.1) is 10.7 Å². The van der Waals surface area contributed by atoms with Gasteiger partial charge in [0.2, 0.25) is 11.8 Å². The highest BCUT2D eigenvalue weighted by Crippen LogP contribution is 2.23. The summed E-state index contributed by atoms with van der Waals surface area (Å²) >= 11 is 5.53. The van der Waals surface area contributed by atoms with Crippen molar-refractivity contribution in [3.63, 3.8) is 0 Å². The van der Waals surface area contributed by atoms with Gasteiger partial charge >= 0.3 is 0 Å². The molecule has 2 N–H and O–H groups in total. The molecule has 1 heterocycles. The molecule has 0 bridgehead atoms. The number of hydrogen-bond acceptors (Lipinski definition) is 2. The maximum absolute atomic E-state index is 13.4. The lowest BCUT2D eigenvalue weighted by molar-refractivity contribution is -0.124. The first-order valence-corrected chi connectivity index (χ1v) is 6.57. The summed E-state index contributed by atoms with van der Waals surface area (Å²) in [5, 5.41) is 4.74. The van der Waals surface area contributed by atoms with Crippen molar-refractivity contribution in [1.82, 2.24) is 5.32 Å². The number of rotatable bonds is 3. The van der Waals surface area contributed by atoms with Gasteiger partial charge < -0.3 is 10.6 Å². The zero-order valence-electron chi connectivity index (χ0n) is 10.5. The van der Waals surface area contributed by atoms with Crippen molar-refractivity contribution in [2.24, 2.45) is 0 Å². The van der Waals surface area contributed by atoms with E-state index in [1.165, 1.54) is 0 Å². The third kappa shape index (κ3) is 3.66. The van der Waals surface area contributed by atoms with Crippen molar-refractivity contribution in [2.75, 3.05) is 5.32 Å². The molecule has 2 rings (SSSR count). The molecule has 0 aliphatic carbocycles. The smallest absolute Gasteiger partial charge is 0.226 e. The highest BCUT2D eigenvalue weighted by atomic mass is 35.5. The molecule has 1 aliphatic heterocycles. The van der Waals surface area contributed by atoms with Crippen LogP contribution in [0.3, 0.4) is 0 Å². The van der Waals surface area contributed by atoms with Gasteiger partial charge in [-0.2, -0.15) is 0 Å². The van der Waals surface area contributed by atoms with Crippen molar-refractivity contribution >= 4 is 29.1 Å². The summed E-state index contributed by atoms with van der Waals surface area (Å²) in [6, 6.07) is 1.37. The molecule has 1 atom stereocenters. The van der Waals surface area contributed by atoms with E-state index in [2.05, 4.69) is 10.6 Å². The van der Waals surface area contributed by atoms with Crippen LogP contribution in [0, 0.1) is 11.6 Å². The van der Waals surface area contributed by atoms with E-state index >= 15 is 0 Å². The van der Waals surface area contributed by atoms with Crippen LogP contribution in [0.1, 0.15) is 25.7 Å². The van der Waals surface area contributed by atoms with Crippen LogP contribution in [0.4, 0.5) is 14.5 Å². The minimum atomic E-state index is -0.895. The van der Waals surface area contributed by atoms with Crippen LogP contribution in [0.5, 0.6) is 0 Å². The first-order valence-electron chi connectivity index (χ1n) is 6.19. The topological polar surface area (TPSA) is 58.2 Å². The quantitative estimate of drug-likeness (QED) is 0.843. The van der Waals surface area contributed by atoms with Crippen molar-refractivity contribution in [1.29, 1.82) is 0 Å². The lowest BCUT2D eigenvalue weighted by atomic mass is 10.0. The summed E-state index contributed by atoms with van der Waals surface area (Å²) in [6.07, 6.45) is 1.92. The number of amides is 2. The summed E-state index contributed by atoms with van der Waals surface area (Å²) in [5.74, 6) is -2.33. The number of benzene rings is 1. The molecule has 1 fully saturated rings. The van der Waals surface area contributed by atoms with Gasteiger partial charge in [0.1, 0.15) is 11.6 Å². The summed E-state index contributed by atoms with van der Waals surface area (Å²) < 4.78 is 26.4. The Morgan fingerprint density at radius 1 is 1.40 bits per heavy atom. The summed E-state index contributed by atoms with van der Waals surface area (Å²) in [6.45, 7) is 0. The van der Waals surface area contributed by atoms with Crippen LogP contribution in [-0.2, 0) is 9.59 Å². The van der Waals surface area contributed by atoms with E-state index < -0.39 is 17.5 Å². The van der Waals surface area contributed by atoms with Gasteiger partial charge in [-0.15, -0.1) is 0 Å². The summed E-state index contributed by atoms with van der Waals surface area (Å²) in [7, 11) is 0. The minimum Gasteiger partial charge on any atom is -0.353 e. The molecule has 20 heavy (non-hydrogen) atoms. The van der Waals surface area contributed by atoms with Crippen LogP contribution in [0.2, 0.25) is 5.02 Å². The molecule has 1 aromatic carbocycles. The van der Waals surface area contributed by atoms with Gasteiger partial charge in [0, 0.05) is 24.9 Å². The number of carbonyl (C=O) groups is 2. The van der Waals surface area contributed by atoms with E-state index in [-0.39, 0.29) is 29.1 Å². The number of carbonyl (C=O) groups excluding carboxylic acids is 2. The van der Waals surface area contributed by atoms with E-state index in [0.717, 1.165) is 12.5 Å². The first kappa shape index (κ1) is 14.7. The van der Waals surface area contributed by atoms with Crippen LogP contribution in [-0.4, -0.2) is 17.9 Å². The van der Waals surface area contributed by atoms with Crippen molar-refractivity contribution < 1.29 is 18.4 Å². The highest BCUT2D eigenvalue weighted by molar-refractivity contribution is 6.31. The summed E-state index contributed by atoms with van der Waals surface area (Å²) in [4.78, 5) is 23.0. The predicted octanol–water partition coefficient (Wildman–Crippen LogP) is 2.62. The predicted molar refractivity (Wildman–Crippen MR) is 70.4 cm³/mol. The Bertz CT molecular complexity index is 551. The largest absolute Gasteiger partial charge is 0.353 e. The van der Waals surface area contributed by atoms with Crippen molar-refractivity contribution in [3.05, 3.63) is 28.8 Å². The molecule has 1 aliphatic rings. The van der Waals surface area contributed by atoms with Gasteiger partial charge in [0.25, 0.3) is 0 Å². The fourth-order valence-electron chi connectivity index (χ4n) is 2.08.